The second kappa shape index (κ2) is 9.69. The Morgan fingerprint density at radius 3 is 2.65 bits per heavy atom. The molecule has 0 saturated carbocycles. The number of ether oxygens (including phenoxy) is 1. The number of nitrogens with zero attached hydrogens (tertiary/aromatic N) is 1. The van der Waals surface area contributed by atoms with Gasteiger partial charge in [0.2, 0.25) is 11.8 Å². The summed E-state index contributed by atoms with van der Waals surface area (Å²) in [6, 6.07) is -1.13. The highest BCUT2D eigenvalue weighted by Gasteiger charge is 2.76. The highest BCUT2D eigenvalue weighted by atomic mass is 32.2. The van der Waals surface area contributed by atoms with E-state index in [1.807, 2.05) is 13.8 Å². The van der Waals surface area contributed by atoms with E-state index in [9.17, 15) is 19.5 Å². The molecule has 1 spiro atoms. The average Bonchev–Trinajstić information content (AvgIpc) is 3.33. The highest BCUT2D eigenvalue weighted by molar-refractivity contribution is 8.02. The van der Waals surface area contributed by atoms with Crippen LogP contribution in [0.15, 0.2) is 0 Å². The molecule has 3 aliphatic rings. The second-order valence-corrected chi connectivity index (χ2v) is 10.9. The molecule has 0 aromatic heterocycles. The van der Waals surface area contributed by atoms with E-state index < -0.39 is 28.7 Å². The molecule has 3 fully saturated rings. The number of hydrogen-bond donors (Lipinski definition) is 2. The Morgan fingerprint density at radius 1 is 1.35 bits per heavy atom. The van der Waals surface area contributed by atoms with E-state index in [4.69, 9.17) is 4.74 Å². The Balaban J connectivity index is 2.06. The third kappa shape index (κ3) is 3.77. The molecule has 2 N–H and O–H groups in total. The maximum atomic E-state index is 13.9. The van der Waals surface area contributed by atoms with Crippen LogP contribution in [0, 0.1) is 23.7 Å². The quantitative estimate of drug-likeness (QED) is 0.388. The van der Waals surface area contributed by atoms with E-state index in [-0.39, 0.29) is 48.1 Å². The summed E-state index contributed by atoms with van der Waals surface area (Å²) in [6.07, 6.45) is 3.40. The predicted octanol–water partition coefficient (Wildman–Crippen LogP) is 2.21. The lowest BCUT2D eigenvalue weighted by Gasteiger charge is -2.41. The minimum atomic E-state index is -0.683. The van der Waals surface area contributed by atoms with E-state index in [1.54, 1.807) is 23.6 Å². The normalized spacial score (nSPS) is 35.7. The fourth-order valence-electron chi connectivity index (χ4n) is 5.92. The lowest BCUT2D eigenvalue weighted by molar-refractivity contribution is -0.154. The maximum absolute atomic E-state index is 13.9. The number of aliphatic hydroxyl groups excluding tert-OH is 1. The van der Waals surface area contributed by atoms with E-state index in [2.05, 4.69) is 19.2 Å². The first-order chi connectivity index (χ1) is 14.8. The van der Waals surface area contributed by atoms with Crippen molar-refractivity contribution in [3.05, 3.63) is 0 Å². The molecule has 3 unspecified atom stereocenters. The van der Waals surface area contributed by atoms with Gasteiger partial charge in [0.1, 0.15) is 6.04 Å². The van der Waals surface area contributed by atoms with Crippen LogP contribution in [0.4, 0.5) is 0 Å². The fraction of sp³-hybridized carbons (Fsp3) is 0.870. The van der Waals surface area contributed by atoms with Gasteiger partial charge in [0.05, 0.1) is 35.8 Å². The molecule has 2 amide bonds. The van der Waals surface area contributed by atoms with E-state index >= 15 is 0 Å². The van der Waals surface area contributed by atoms with Gasteiger partial charge >= 0.3 is 5.97 Å². The van der Waals surface area contributed by atoms with Crippen molar-refractivity contribution in [2.75, 3.05) is 19.8 Å². The van der Waals surface area contributed by atoms with E-state index in [0.717, 1.165) is 25.7 Å². The number of thioether (sulfide) groups is 1. The summed E-state index contributed by atoms with van der Waals surface area (Å²) in [4.78, 5) is 42.0. The SMILES string of the molecule is CCCCNC(=O)C1N([C@@H](CO)[C@@H](C)CC)C(=O)[C@@H]2[C@@H](C(=O)OCC)[C@H]3CC(C)C12S3. The third-order valence-corrected chi connectivity index (χ3v) is 9.74. The van der Waals surface area contributed by atoms with Gasteiger partial charge in [-0.2, -0.15) is 0 Å². The summed E-state index contributed by atoms with van der Waals surface area (Å²) in [5, 5.41) is 13.3. The van der Waals surface area contributed by atoms with Crippen LogP contribution >= 0.6 is 11.8 Å². The lowest BCUT2D eigenvalue weighted by Crippen LogP contribution is -2.59. The summed E-state index contributed by atoms with van der Waals surface area (Å²) in [5.41, 5.74) is 0. The third-order valence-electron chi connectivity index (χ3n) is 7.67. The number of unbranched alkanes of at least 4 members (excludes halogenated alkanes) is 1. The number of likely N-dealkylation sites (tertiary alicyclic amines) is 1. The van der Waals surface area contributed by atoms with Gasteiger partial charge in [0, 0.05) is 11.8 Å². The number of aliphatic hydroxyl groups is 1. The van der Waals surface area contributed by atoms with Gasteiger partial charge in [-0.25, -0.2) is 0 Å². The zero-order valence-corrected chi connectivity index (χ0v) is 20.2. The predicted molar refractivity (Wildman–Crippen MR) is 120 cm³/mol. The van der Waals surface area contributed by atoms with Crippen molar-refractivity contribution in [2.24, 2.45) is 23.7 Å². The summed E-state index contributed by atoms with van der Waals surface area (Å²) in [6.45, 7) is 10.6. The zero-order valence-electron chi connectivity index (χ0n) is 19.4. The van der Waals surface area contributed by atoms with Crippen molar-refractivity contribution >= 4 is 29.5 Å². The Bertz CT molecular complexity index is 703. The van der Waals surface area contributed by atoms with Crippen LogP contribution in [0.5, 0.6) is 0 Å². The summed E-state index contributed by atoms with van der Waals surface area (Å²) in [7, 11) is 0. The van der Waals surface area contributed by atoms with Gasteiger partial charge < -0.3 is 20.1 Å². The lowest BCUT2D eigenvalue weighted by atomic mass is 9.66. The minimum Gasteiger partial charge on any atom is -0.466 e. The molecule has 0 radical (unpaired) electrons. The van der Waals surface area contributed by atoms with Crippen molar-refractivity contribution in [3.63, 3.8) is 0 Å². The number of hydrogen-bond acceptors (Lipinski definition) is 6. The Hall–Kier alpha value is -1.28. The van der Waals surface area contributed by atoms with Gasteiger partial charge in [0.15, 0.2) is 0 Å². The van der Waals surface area contributed by atoms with Crippen LogP contribution in [0.25, 0.3) is 0 Å². The zero-order chi connectivity index (χ0) is 22.9. The first-order valence-electron chi connectivity index (χ1n) is 11.8. The molecule has 3 saturated heterocycles. The monoisotopic (exact) mass is 454 g/mol. The van der Waals surface area contributed by atoms with Crippen molar-refractivity contribution in [1.82, 2.24) is 10.2 Å². The van der Waals surface area contributed by atoms with Gasteiger partial charge in [-0.3, -0.25) is 14.4 Å². The molecule has 0 aromatic carbocycles. The standard InChI is InChI=1S/C23H38N2O5S/c1-6-9-10-24-20(27)19-23-14(5)11-16(31-23)17(22(29)30-8-3)18(23)21(28)25(19)15(12-26)13(4)7-2/h13-19,26H,6-12H2,1-5H3,(H,24,27)/t13-,14?,15-,16+,17-,18-,19?,23?/m0/s1. The van der Waals surface area contributed by atoms with Gasteiger partial charge in [-0.1, -0.05) is 40.5 Å². The Kier molecular flexibility index (Phi) is 7.62. The molecular formula is C23H38N2O5S. The first-order valence-corrected chi connectivity index (χ1v) is 12.7. The van der Waals surface area contributed by atoms with Crippen molar-refractivity contribution in [1.29, 1.82) is 0 Å². The molecule has 8 atom stereocenters. The van der Waals surface area contributed by atoms with E-state index in [0.29, 0.717) is 6.54 Å². The van der Waals surface area contributed by atoms with Crippen LogP contribution in [-0.4, -0.2) is 69.6 Å². The van der Waals surface area contributed by atoms with Crippen LogP contribution in [-0.2, 0) is 19.1 Å². The highest BCUT2D eigenvalue weighted by Crippen LogP contribution is 2.69. The minimum absolute atomic E-state index is 0.00716. The van der Waals surface area contributed by atoms with Crippen molar-refractivity contribution < 1.29 is 24.2 Å². The topological polar surface area (TPSA) is 95.9 Å². The number of nitrogens with one attached hydrogen (secondary N) is 1. The first kappa shape index (κ1) is 24.4. The van der Waals surface area contributed by atoms with Crippen LogP contribution < -0.4 is 5.32 Å². The maximum Gasteiger partial charge on any atom is 0.310 e. The largest absolute Gasteiger partial charge is 0.466 e. The fourth-order valence-corrected chi connectivity index (χ4v) is 8.32. The molecule has 176 valence electrons. The molecular weight excluding hydrogens is 416 g/mol. The summed E-state index contributed by atoms with van der Waals surface area (Å²) in [5.74, 6) is -1.61. The van der Waals surface area contributed by atoms with Crippen molar-refractivity contribution in [2.45, 2.75) is 82.4 Å². The van der Waals surface area contributed by atoms with Gasteiger partial charge in [0.25, 0.3) is 0 Å². The Labute approximate surface area is 190 Å². The molecule has 8 heteroatoms. The molecule has 31 heavy (non-hydrogen) atoms. The summed E-state index contributed by atoms with van der Waals surface area (Å²) >= 11 is 1.64. The number of rotatable bonds is 10. The molecule has 3 aliphatic heterocycles. The molecule has 2 bridgehead atoms. The number of carbonyl (C=O) groups excluding carboxylic acids is 3. The molecule has 0 aliphatic carbocycles. The van der Waals surface area contributed by atoms with Crippen LogP contribution in [0.1, 0.15) is 60.3 Å². The smallest absolute Gasteiger partial charge is 0.310 e. The number of esters is 1. The molecule has 7 nitrogen and oxygen atoms in total. The van der Waals surface area contributed by atoms with Gasteiger partial charge in [-0.15, -0.1) is 11.8 Å². The van der Waals surface area contributed by atoms with E-state index in [1.165, 1.54) is 0 Å². The molecule has 0 aromatic rings. The number of carbonyl (C=O) groups is 3. The Morgan fingerprint density at radius 2 is 2.06 bits per heavy atom. The van der Waals surface area contributed by atoms with Crippen LogP contribution in [0.3, 0.4) is 0 Å². The number of fused-ring (bicyclic) bond motifs is 1. The van der Waals surface area contributed by atoms with Gasteiger partial charge in [-0.05, 0) is 31.6 Å². The summed E-state index contributed by atoms with van der Waals surface area (Å²) < 4.78 is 4.70. The molecule has 3 rings (SSSR count). The van der Waals surface area contributed by atoms with Crippen molar-refractivity contribution in [3.8, 4) is 0 Å². The second-order valence-electron chi connectivity index (χ2n) is 9.33. The van der Waals surface area contributed by atoms with Crippen LogP contribution in [0.2, 0.25) is 0 Å². The number of amides is 2. The molecule has 3 heterocycles. The average molecular weight is 455 g/mol.